The van der Waals surface area contributed by atoms with E-state index >= 15 is 0 Å². The average Bonchev–Trinajstić information content (AvgIpc) is 3.04. The van der Waals surface area contributed by atoms with E-state index in [4.69, 9.17) is 4.74 Å². The molecule has 2 heterocycles. The van der Waals surface area contributed by atoms with E-state index in [1.165, 1.54) is 0 Å². The van der Waals surface area contributed by atoms with E-state index in [0.717, 1.165) is 28.7 Å². The predicted molar refractivity (Wildman–Crippen MR) is 122 cm³/mol. The highest BCUT2D eigenvalue weighted by atomic mass is 79.9. The summed E-state index contributed by atoms with van der Waals surface area (Å²) in [6.45, 7) is 5.99. The Morgan fingerprint density at radius 2 is 1.68 bits per heavy atom. The van der Waals surface area contributed by atoms with Crippen LogP contribution in [0.1, 0.15) is 22.7 Å². The summed E-state index contributed by atoms with van der Waals surface area (Å²) in [4.78, 5) is 29.9. The summed E-state index contributed by atoms with van der Waals surface area (Å²) < 4.78 is 6.26. The van der Waals surface area contributed by atoms with Crippen LogP contribution >= 0.6 is 15.9 Å². The molecule has 7 heteroatoms. The molecule has 1 unspecified atom stereocenters. The maximum Gasteiger partial charge on any atom is 0.295 e. The van der Waals surface area contributed by atoms with Gasteiger partial charge < -0.3 is 14.7 Å². The minimum absolute atomic E-state index is 0.137. The number of halogens is 1. The number of ether oxygens (including phenoxy) is 1. The third-order valence-corrected chi connectivity index (χ3v) is 6.34. The van der Waals surface area contributed by atoms with Crippen molar-refractivity contribution in [3.8, 4) is 0 Å². The van der Waals surface area contributed by atoms with Crippen LogP contribution in [0, 0.1) is 6.92 Å². The summed E-state index contributed by atoms with van der Waals surface area (Å²) >= 11 is 3.38. The summed E-state index contributed by atoms with van der Waals surface area (Å²) in [6, 6.07) is 14.2. The molecule has 0 saturated carbocycles. The van der Waals surface area contributed by atoms with Crippen molar-refractivity contribution in [3.63, 3.8) is 0 Å². The predicted octanol–water partition coefficient (Wildman–Crippen LogP) is 3.51. The van der Waals surface area contributed by atoms with Gasteiger partial charge in [-0.2, -0.15) is 0 Å². The van der Waals surface area contributed by atoms with E-state index in [1.54, 1.807) is 29.2 Å². The number of Topliss-reactive ketones (excluding diaryl/α,β-unsaturated/α-hetero) is 1. The van der Waals surface area contributed by atoms with Crippen LogP contribution < -0.4 is 0 Å². The number of aliphatic hydroxyl groups is 1. The van der Waals surface area contributed by atoms with Gasteiger partial charge in [0.1, 0.15) is 5.76 Å². The zero-order chi connectivity index (χ0) is 22.0. The van der Waals surface area contributed by atoms with Crippen LogP contribution in [0.2, 0.25) is 0 Å². The molecular formula is C24H25BrN2O4. The number of morpholine rings is 1. The number of carbonyl (C=O) groups excluding carboxylic acids is 2. The number of hydrogen-bond acceptors (Lipinski definition) is 5. The Bertz CT molecular complexity index is 995. The molecule has 2 fully saturated rings. The van der Waals surface area contributed by atoms with Gasteiger partial charge in [-0.25, -0.2) is 0 Å². The molecule has 6 nitrogen and oxygen atoms in total. The first-order valence-corrected chi connectivity index (χ1v) is 11.2. The second-order valence-electron chi connectivity index (χ2n) is 7.86. The molecule has 0 radical (unpaired) electrons. The van der Waals surface area contributed by atoms with Crippen molar-refractivity contribution >= 4 is 33.4 Å². The van der Waals surface area contributed by atoms with Gasteiger partial charge in [0.05, 0.1) is 24.8 Å². The smallest absolute Gasteiger partial charge is 0.295 e. The number of hydrogen-bond donors (Lipinski definition) is 1. The van der Waals surface area contributed by atoms with E-state index in [-0.39, 0.29) is 11.3 Å². The lowest BCUT2D eigenvalue weighted by Crippen LogP contribution is -2.42. The molecule has 0 bridgehead atoms. The van der Waals surface area contributed by atoms with Crippen LogP contribution in [0.3, 0.4) is 0 Å². The molecule has 2 aromatic carbocycles. The number of carbonyl (C=O) groups is 2. The van der Waals surface area contributed by atoms with Crippen LogP contribution in [0.25, 0.3) is 5.76 Å². The Morgan fingerprint density at radius 3 is 2.32 bits per heavy atom. The van der Waals surface area contributed by atoms with Crippen molar-refractivity contribution in [2.24, 2.45) is 0 Å². The molecule has 2 aliphatic heterocycles. The highest BCUT2D eigenvalue weighted by molar-refractivity contribution is 9.10. The van der Waals surface area contributed by atoms with Crippen LogP contribution in [0.4, 0.5) is 0 Å². The van der Waals surface area contributed by atoms with Crippen LogP contribution in [0.15, 0.2) is 58.6 Å². The molecule has 31 heavy (non-hydrogen) atoms. The number of likely N-dealkylation sites (tertiary alicyclic amines) is 1. The zero-order valence-electron chi connectivity index (χ0n) is 17.4. The molecule has 0 aromatic heterocycles. The van der Waals surface area contributed by atoms with Crippen molar-refractivity contribution in [2.45, 2.75) is 13.0 Å². The first kappa shape index (κ1) is 21.7. The van der Waals surface area contributed by atoms with Gasteiger partial charge in [0.15, 0.2) is 0 Å². The van der Waals surface area contributed by atoms with Gasteiger partial charge in [-0.15, -0.1) is 0 Å². The van der Waals surface area contributed by atoms with Crippen LogP contribution in [-0.2, 0) is 14.3 Å². The lowest BCUT2D eigenvalue weighted by molar-refractivity contribution is -0.140. The molecule has 1 amide bonds. The third kappa shape index (κ3) is 4.59. The fourth-order valence-corrected chi connectivity index (χ4v) is 4.31. The van der Waals surface area contributed by atoms with Gasteiger partial charge in [0.2, 0.25) is 0 Å². The average molecular weight is 485 g/mol. The van der Waals surface area contributed by atoms with Gasteiger partial charge in [-0.05, 0) is 24.6 Å². The van der Waals surface area contributed by atoms with Gasteiger partial charge in [-0.3, -0.25) is 14.5 Å². The third-order valence-electron chi connectivity index (χ3n) is 5.81. The largest absolute Gasteiger partial charge is 0.507 e. The number of aryl methyl sites for hydroxylation is 1. The Kier molecular flexibility index (Phi) is 6.55. The van der Waals surface area contributed by atoms with E-state index in [2.05, 4.69) is 20.8 Å². The molecule has 0 spiro atoms. The summed E-state index contributed by atoms with van der Waals surface area (Å²) in [7, 11) is 0. The summed E-state index contributed by atoms with van der Waals surface area (Å²) in [5.41, 5.74) is 2.54. The van der Waals surface area contributed by atoms with Crippen LogP contribution in [0.5, 0.6) is 0 Å². The van der Waals surface area contributed by atoms with Crippen molar-refractivity contribution in [3.05, 3.63) is 75.3 Å². The highest BCUT2D eigenvalue weighted by Crippen LogP contribution is 2.39. The first-order chi connectivity index (χ1) is 15.0. The zero-order valence-corrected chi connectivity index (χ0v) is 19.0. The summed E-state index contributed by atoms with van der Waals surface area (Å²) in [5, 5.41) is 11.1. The normalized spacial score (nSPS) is 21.6. The van der Waals surface area contributed by atoms with E-state index in [0.29, 0.717) is 31.9 Å². The molecule has 4 rings (SSSR count). The molecule has 2 saturated heterocycles. The minimum Gasteiger partial charge on any atom is -0.507 e. The Balaban J connectivity index is 1.72. The molecule has 162 valence electrons. The Hall–Kier alpha value is -2.48. The van der Waals surface area contributed by atoms with Gasteiger partial charge >= 0.3 is 0 Å². The fraction of sp³-hybridized carbons (Fsp3) is 0.333. The number of amides is 1. The molecule has 1 N–H and O–H groups in total. The molecule has 2 aliphatic rings. The Morgan fingerprint density at radius 1 is 1.03 bits per heavy atom. The van der Waals surface area contributed by atoms with Crippen molar-refractivity contribution < 1.29 is 19.4 Å². The SMILES string of the molecule is Cc1ccc(C2/C(=C(/O)c3ccc(Br)cc3)C(=O)C(=O)N2CCN2CCOCC2)cc1. The number of aliphatic hydroxyl groups excluding tert-OH is 1. The lowest BCUT2D eigenvalue weighted by atomic mass is 9.95. The maximum atomic E-state index is 13.0. The number of nitrogens with zero attached hydrogens (tertiary/aromatic N) is 2. The van der Waals surface area contributed by atoms with Crippen LogP contribution in [-0.4, -0.2) is 66.0 Å². The van der Waals surface area contributed by atoms with Gasteiger partial charge in [0, 0.05) is 36.2 Å². The summed E-state index contributed by atoms with van der Waals surface area (Å²) in [5.74, 6) is -1.37. The molecule has 2 aromatic rings. The fourth-order valence-electron chi connectivity index (χ4n) is 4.04. The minimum atomic E-state index is -0.645. The van der Waals surface area contributed by atoms with Gasteiger partial charge in [0.25, 0.3) is 11.7 Å². The molecular weight excluding hydrogens is 460 g/mol. The Labute approximate surface area is 190 Å². The lowest BCUT2D eigenvalue weighted by Gasteiger charge is -2.31. The van der Waals surface area contributed by atoms with Crippen molar-refractivity contribution in [1.29, 1.82) is 0 Å². The number of rotatable bonds is 5. The number of ketones is 1. The van der Waals surface area contributed by atoms with Crippen molar-refractivity contribution in [1.82, 2.24) is 9.80 Å². The molecule has 1 atom stereocenters. The van der Waals surface area contributed by atoms with E-state index < -0.39 is 17.7 Å². The quantitative estimate of drug-likeness (QED) is 0.399. The summed E-state index contributed by atoms with van der Waals surface area (Å²) in [6.07, 6.45) is 0. The monoisotopic (exact) mass is 484 g/mol. The topological polar surface area (TPSA) is 70.1 Å². The van der Waals surface area contributed by atoms with E-state index in [9.17, 15) is 14.7 Å². The second kappa shape index (κ2) is 9.34. The standard InChI is InChI=1S/C24H25BrN2O4/c1-16-2-4-17(5-3-16)21-20(22(28)18-6-8-19(25)9-7-18)23(29)24(30)27(21)11-10-26-12-14-31-15-13-26/h2-9,21,28H,10-15H2,1H3/b22-20-. The second-order valence-corrected chi connectivity index (χ2v) is 8.78. The number of benzene rings is 2. The van der Waals surface area contributed by atoms with E-state index in [1.807, 2.05) is 31.2 Å². The highest BCUT2D eigenvalue weighted by Gasteiger charge is 2.46. The first-order valence-electron chi connectivity index (χ1n) is 10.4. The maximum absolute atomic E-state index is 13.0. The van der Waals surface area contributed by atoms with Gasteiger partial charge in [-0.1, -0.05) is 57.9 Å². The van der Waals surface area contributed by atoms with Crippen molar-refractivity contribution in [2.75, 3.05) is 39.4 Å². The molecule has 0 aliphatic carbocycles.